The first-order valence-corrected chi connectivity index (χ1v) is 6.66. The maximum Gasteiger partial charge on any atom is 0.224 e. The van der Waals surface area contributed by atoms with Crippen LogP contribution in [0.1, 0.15) is 31.7 Å². The molecule has 0 spiro atoms. The van der Waals surface area contributed by atoms with Crippen LogP contribution in [0.5, 0.6) is 0 Å². The highest BCUT2D eigenvalue weighted by molar-refractivity contribution is 6.30. The van der Waals surface area contributed by atoms with E-state index in [1.807, 2.05) is 19.1 Å². The van der Waals surface area contributed by atoms with Gasteiger partial charge in [-0.25, -0.2) is 0 Å². The van der Waals surface area contributed by atoms with Crippen LogP contribution in [0.4, 0.5) is 5.69 Å². The van der Waals surface area contributed by atoms with Gasteiger partial charge in [-0.3, -0.25) is 4.79 Å². The summed E-state index contributed by atoms with van der Waals surface area (Å²) in [5.74, 6) is 0.538. The van der Waals surface area contributed by atoms with E-state index in [2.05, 4.69) is 12.2 Å². The monoisotopic (exact) mass is 268 g/mol. The molecule has 0 aliphatic heterocycles. The minimum absolute atomic E-state index is 0.0456. The maximum absolute atomic E-state index is 11.8. The Morgan fingerprint density at radius 2 is 2.17 bits per heavy atom. The number of rotatable bonds is 6. The van der Waals surface area contributed by atoms with Crippen molar-refractivity contribution in [1.82, 2.24) is 0 Å². The third-order valence-corrected chi connectivity index (χ3v) is 3.22. The van der Waals surface area contributed by atoms with Gasteiger partial charge in [-0.2, -0.15) is 0 Å². The second-order valence-electron chi connectivity index (χ2n) is 4.73. The van der Waals surface area contributed by atoms with Gasteiger partial charge in [0.05, 0.1) is 0 Å². The number of hydrogen-bond acceptors (Lipinski definition) is 2. The number of benzene rings is 1. The molecule has 0 aliphatic carbocycles. The molecule has 0 saturated heterocycles. The van der Waals surface area contributed by atoms with Crippen molar-refractivity contribution in [2.24, 2.45) is 11.7 Å². The van der Waals surface area contributed by atoms with Crippen molar-refractivity contribution in [3.63, 3.8) is 0 Å². The van der Waals surface area contributed by atoms with Gasteiger partial charge in [-0.15, -0.1) is 0 Å². The fourth-order valence-corrected chi connectivity index (χ4v) is 2.01. The van der Waals surface area contributed by atoms with Gasteiger partial charge in [0.25, 0.3) is 0 Å². The molecular weight excluding hydrogens is 248 g/mol. The van der Waals surface area contributed by atoms with E-state index >= 15 is 0 Å². The third-order valence-electron chi connectivity index (χ3n) is 2.99. The van der Waals surface area contributed by atoms with E-state index in [-0.39, 0.29) is 5.91 Å². The molecule has 1 aromatic rings. The van der Waals surface area contributed by atoms with Crippen LogP contribution in [-0.4, -0.2) is 12.5 Å². The van der Waals surface area contributed by atoms with Gasteiger partial charge >= 0.3 is 0 Å². The quantitative estimate of drug-likeness (QED) is 0.831. The van der Waals surface area contributed by atoms with E-state index < -0.39 is 0 Å². The highest BCUT2D eigenvalue weighted by atomic mass is 35.5. The van der Waals surface area contributed by atoms with Crippen molar-refractivity contribution >= 4 is 23.2 Å². The number of carbonyl (C=O) groups is 1. The zero-order valence-corrected chi connectivity index (χ0v) is 11.8. The molecule has 0 fully saturated rings. The van der Waals surface area contributed by atoms with Crippen LogP contribution in [0, 0.1) is 12.8 Å². The normalized spacial score (nSPS) is 12.2. The van der Waals surface area contributed by atoms with Gasteiger partial charge in [0, 0.05) is 17.1 Å². The molecule has 18 heavy (non-hydrogen) atoms. The van der Waals surface area contributed by atoms with Gasteiger partial charge in [0.15, 0.2) is 0 Å². The van der Waals surface area contributed by atoms with Crippen molar-refractivity contribution in [2.75, 3.05) is 11.9 Å². The molecule has 0 heterocycles. The molecule has 1 atom stereocenters. The van der Waals surface area contributed by atoms with Crippen LogP contribution < -0.4 is 11.1 Å². The lowest BCUT2D eigenvalue weighted by molar-refractivity contribution is -0.116. The molecule has 0 bridgehead atoms. The Morgan fingerprint density at radius 3 is 2.78 bits per heavy atom. The molecule has 3 N–H and O–H groups in total. The Hall–Kier alpha value is -1.06. The molecule has 0 aliphatic rings. The van der Waals surface area contributed by atoms with Crippen LogP contribution in [0.25, 0.3) is 0 Å². The van der Waals surface area contributed by atoms with Crippen LogP contribution in [0.15, 0.2) is 18.2 Å². The summed E-state index contributed by atoms with van der Waals surface area (Å²) in [5, 5.41) is 3.59. The number of hydrogen-bond donors (Lipinski definition) is 2. The van der Waals surface area contributed by atoms with Gasteiger partial charge in [-0.05, 0) is 56.0 Å². The molecule has 1 aromatic carbocycles. The Balaban J connectivity index is 2.44. The summed E-state index contributed by atoms with van der Waals surface area (Å²) in [5.41, 5.74) is 7.29. The minimum atomic E-state index is 0.0456. The van der Waals surface area contributed by atoms with Crippen LogP contribution in [-0.2, 0) is 4.79 Å². The standard InChI is InChI=1S/C14H21ClN2O/c1-10(7-8-16)3-6-14(18)17-13-5-4-12(15)9-11(13)2/h4-5,9-10H,3,6-8,16H2,1-2H3,(H,17,18). The number of halogens is 1. The highest BCUT2D eigenvalue weighted by Gasteiger charge is 2.08. The molecule has 4 heteroatoms. The Bertz CT molecular complexity index is 407. The van der Waals surface area contributed by atoms with Crippen LogP contribution in [0.2, 0.25) is 5.02 Å². The molecule has 3 nitrogen and oxygen atoms in total. The highest BCUT2D eigenvalue weighted by Crippen LogP contribution is 2.20. The topological polar surface area (TPSA) is 55.1 Å². The average molecular weight is 269 g/mol. The molecule has 0 radical (unpaired) electrons. The van der Waals surface area contributed by atoms with Crippen molar-refractivity contribution < 1.29 is 4.79 Å². The Morgan fingerprint density at radius 1 is 1.44 bits per heavy atom. The third kappa shape index (κ3) is 5.07. The first kappa shape index (κ1) is 15.0. The molecule has 1 unspecified atom stereocenters. The summed E-state index contributed by atoms with van der Waals surface area (Å²) in [4.78, 5) is 11.8. The Labute approximate surface area is 114 Å². The molecule has 100 valence electrons. The summed E-state index contributed by atoms with van der Waals surface area (Å²) >= 11 is 5.87. The molecular formula is C14H21ClN2O. The van der Waals surface area contributed by atoms with Crippen molar-refractivity contribution in [3.8, 4) is 0 Å². The second kappa shape index (κ2) is 7.39. The number of carbonyl (C=O) groups excluding carboxylic acids is 1. The minimum Gasteiger partial charge on any atom is -0.330 e. The largest absolute Gasteiger partial charge is 0.330 e. The van der Waals surface area contributed by atoms with E-state index in [4.69, 9.17) is 17.3 Å². The molecule has 1 rings (SSSR count). The van der Waals surface area contributed by atoms with Gasteiger partial charge in [-0.1, -0.05) is 18.5 Å². The number of nitrogens with two attached hydrogens (primary N) is 1. The van der Waals surface area contributed by atoms with Crippen molar-refractivity contribution in [2.45, 2.75) is 33.1 Å². The van der Waals surface area contributed by atoms with Gasteiger partial charge in [0.2, 0.25) is 5.91 Å². The zero-order chi connectivity index (χ0) is 13.5. The van der Waals surface area contributed by atoms with E-state index in [0.717, 1.165) is 24.1 Å². The predicted octanol–water partition coefficient (Wildman–Crippen LogP) is 3.35. The lowest BCUT2D eigenvalue weighted by Crippen LogP contribution is -2.14. The van der Waals surface area contributed by atoms with E-state index in [9.17, 15) is 4.79 Å². The van der Waals surface area contributed by atoms with Gasteiger partial charge in [0.1, 0.15) is 0 Å². The van der Waals surface area contributed by atoms with Crippen LogP contribution in [0.3, 0.4) is 0 Å². The maximum atomic E-state index is 11.8. The van der Waals surface area contributed by atoms with E-state index in [1.54, 1.807) is 6.07 Å². The summed E-state index contributed by atoms with van der Waals surface area (Å²) in [7, 11) is 0. The smallest absolute Gasteiger partial charge is 0.224 e. The van der Waals surface area contributed by atoms with Gasteiger partial charge < -0.3 is 11.1 Å². The zero-order valence-electron chi connectivity index (χ0n) is 11.0. The van der Waals surface area contributed by atoms with Crippen molar-refractivity contribution in [3.05, 3.63) is 28.8 Å². The lowest BCUT2D eigenvalue weighted by Gasteiger charge is -2.11. The fraction of sp³-hybridized carbons (Fsp3) is 0.500. The summed E-state index contributed by atoms with van der Waals surface area (Å²) in [6.07, 6.45) is 2.37. The number of aryl methyl sites for hydroxylation is 1. The van der Waals surface area contributed by atoms with Crippen molar-refractivity contribution in [1.29, 1.82) is 0 Å². The molecule has 0 saturated carbocycles. The average Bonchev–Trinajstić information content (AvgIpc) is 2.31. The first-order chi connectivity index (χ1) is 8.52. The molecule has 1 amide bonds. The lowest BCUT2D eigenvalue weighted by atomic mass is 10.0. The summed E-state index contributed by atoms with van der Waals surface area (Å²) in [6, 6.07) is 5.45. The van der Waals surface area contributed by atoms with E-state index in [1.165, 1.54) is 0 Å². The molecule has 0 aromatic heterocycles. The van der Waals surface area contributed by atoms with E-state index in [0.29, 0.717) is 23.9 Å². The first-order valence-electron chi connectivity index (χ1n) is 6.29. The Kier molecular flexibility index (Phi) is 6.16. The SMILES string of the molecule is Cc1cc(Cl)ccc1NC(=O)CCC(C)CCN. The predicted molar refractivity (Wildman–Crippen MR) is 76.9 cm³/mol. The summed E-state index contributed by atoms with van der Waals surface area (Å²) < 4.78 is 0. The second-order valence-corrected chi connectivity index (χ2v) is 5.17. The summed E-state index contributed by atoms with van der Waals surface area (Å²) in [6.45, 7) is 4.73. The number of nitrogens with one attached hydrogen (secondary N) is 1. The number of amides is 1. The fourth-order valence-electron chi connectivity index (χ4n) is 1.79. The van der Waals surface area contributed by atoms with Crippen LogP contribution >= 0.6 is 11.6 Å². The number of anilines is 1.